The van der Waals surface area contributed by atoms with E-state index in [1.165, 1.54) is 11.8 Å². The molecule has 30 heavy (non-hydrogen) atoms. The maximum atomic E-state index is 13.1. The highest BCUT2D eigenvalue weighted by molar-refractivity contribution is 8.02. The molecule has 154 valence electrons. The predicted molar refractivity (Wildman–Crippen MR) is 123 cm³/mol. The first-order valence-electron chi connectivity index (χ1n) is 9.47. The Morgan fingerprint density at radius 2 is 2.27 bits per heavy atom. The minimum atomic E-state index is -0.423. The van der Waals surface area contributed by atoms with E-state index in [1.807, 2.05) is 54.1 Å². The summed E-state index contributed by atoms with van der Waals surface area (Å²) in [6.45, 7) is 5.57. The van der Waals surface area contributed by atoms with Crippen molar-refractivity contribution >= 4 is 41.5 Å². The van der Waals surface area contributed by atoms with Gasteiger partial charge in [-0.1, -0.05) is 12.1 Å². The Bertz CT molecular complexity index is 1170. The van der Waals surface area contributed by atoms with Crippen molar-refractivity contribution in [3.8, 4) is 5.75 Å². The molecule has 1 aliphatic heterocycles. The molecular formula is C22H23N5O2S. The molecule has 1 atom stereocenters. The molecule has 0 radical (unpaired) electrons. The Morgan fingerprint density at radius 3 is 3.00 bits per heavy atom. The van der Waals surface area contributed by atoms with Crippen LogP contribution in [0.4, 0.5) is 11.5 Å². The second-order valence-corrected chi connectivity index (χ2v) is 7.90. The van der Waals surface area contributed by atoms with Crippen molar-refractivity contribution in [3.63, 3.8) is 0 Å². The zero-order valence-corrected chi connectivity index (χ0v) is 17.9. The van der Waals surface area contributed by atoms with Gasteiger partial charge >= 0.3 is 0 Å². The van der Waals surface area contributed by atoms with Crippen LogP contribution < -0.4 is 15.4 Å². The summed E-state index contributed by atoms with van der Waals surface area (Å²) in [7, 11) is 1.61. The molecule has 4 rings (SSSR count). The molecule has 0 saturated carbocycles. The number of carbonyl (C=O) groups is 1. The number of anilines is 2. The number of aliphatic imine (C=N–C) groups is 1. The van der Waals surface area contributed by atoms with Crippen molar-refractivity contribution in [1.82, 2.24) is 9.38 Å². The number of ether oxygens (including phenoxy) is 1. The number of hydrogen-bond acceptors (Lipinski definition) is 6. The molecule has 3 aromatic rings. The number of fused-ring (bicyclic) bond motifs is 2. The highest BCUT2D eigenvalue weighted by atomic mass is 32.2. The van der Waals surface area contributed by atoms with Crippen molar-refractivity contribution in [1.29, 1.82) is 0 Å². The van der Waals surface area contributed by atoms with Crippen LogP contribution in [0, 0.1) is 6.92 Å². The van der Waals surface area contributed by atoms with Crippen molar-refractivity contribution in [3.05, 3.63) is 64.6 Å². The van der Waals surface area contributed by atoms with Crippen molar-refractivity contribution in [2.24, 2.45) is 4.99 Å². The summed E-state index contributed by atoms with van der Waals surface area (Å²) in [6.07, 6.45) is 6.18. The topological polar surface area (TPSA) is 80.0 Å². The molecule has 3 heterocycles. The van der Waals surface area contributed by atoms with Gasteiger partial charge in [0.25, 0.3) is 0 Å². The summed E-state index contributed by atoms with van der Waals surface area (Å²) in [5, 5.41) is 7.23. The van der Waals surface area contributed by atoms with Gasteiger partial charge in [0.15, 0.2) is 0 Å². The Hall–Kier alpha value is -3.26. The summed E-state index contributed by atoms with van der Waals surface area (Å²) in [5.41, 5.74) is 4.40. The average molecular weight is 422 g/mol. The number of amides is 1. The van der Waals surface area contributed by atoms with Gasteiger partial charge in [0, 0.05) is 18.0 Å². The highest BCUT2D eigenvalue weighted by Gasteiger charge is 2.33. The Labute approximate surface area is 179 Å². The zero-order valence-electron chi connectivity index (χ0n) is 17.1. The third kappa shape index (κ3) is 3.66. The summed E-state index contributed by atoms with van der Waals surface area (Å²) in [6, 6.07) is 9.71. The van der Waals surface area contributed by atoms with E-state index in [4.69, 9.17) is 9.72 Å². The maximum Gasteiger partial charge on any atom is 0.234 e. The van der Waals surface area contributed by atoms with Crippen LogP contribution in [-0.4, -0.2) is 35.4 Å². The molecule has 0 spiro atoms. The molecule has 1 unspecified atom stereocenters. The quantitative estimate of drug-likeness (QED) is 0.583. The molecule has 1 amide bonds. The lowest BCUT2D eigenvalue weighted by Gasteiger charge is -2.25. The number of aromatic nitrogens is 2. The third-order valence-electron chi connectivity index (χ3n) is 5.11. The SMILES string of the molecule is C=N/C=C(/Nc1c(C2Cc3ccc(OC)cc3NC2=O)nc2ccc(C)cn12)SC. The summed E-state index contributed by atoms with van der Waals surface area (Å²) < 4.78 is 7.26. The molecule has 2 aromatic heterocycles. The number of pyridine rings is 1. The lowest BCUT2D eigenvalue weighted by Crippen LogP contribution is -2.29. The van der Waals surface area contributed by atoms with Crippen LogP contribution in [0.2, 0.25) is 0 Å². The lowest BCUT2D eigenvalue weighted by molar-refractivity contribution is -0.117. The summed E-state index contributed by atoms with van der Waals surface area (Å²) in [4.78, 5) is 21.7. The van der Waals surface area contributed by atoms with Crippen molar-refractivity contribution < 1.29 is 9.53 Å². The van der Waals surface area contributed by atoms with E-state index < -0.39 is 5.92 Å². The average Bonchev–Trinajstić information content (AvgIpc) is 3.09. The fraction of sp³-hybridized carbons (Fsp3) is 0.227. The standard InChI is InChI=1S/C22H23N5O2S/c1-13-5-8-18-25-20(21(27(18)12-13)26-19(30-4)11-23-2)16-9-14-6-7-15(29-3)10-17(14)24-22(16)28/h5-8,10-12,16,26H,2,9H2,1,3-4H3,(H,24,28)/b19-11-. The minimum absolute atomic E-state index is 0.0875. The highest BCUT2D eigenvalue weighted by Crippen LogP contribution is 2.37. The molecule has 0 saturated heterocycles. The molecule has 2 N–H and O–H groups in total. The van der Waals surface area contributed by atoms with Crippen molar-refractivity contribution in [2.45, 2.75) is 19.3 Å². The molecular weight excluding hydrogens is 398 g/mol. The first kappa shape index (κ1) is 20.0. The number of nitrogens with zero attached hydrogens (tertiary/aromatic N) is 3. The summed E-state index contributed by atoms with van der Waals surface area (Å²) in [5.74, 6) is 0.962. The van der Waals surface area contributed by atoms with Crippen LogP contribution in [-0.2, 0) is 11.2 Å². The van der Waals surface area contributed by atoms with E-state index in [0.29, 0.717) is 17.9 Å². The fourth-order valence-electron chi connectivity index (χ4n) is 3.60. The monoisotopic (exact) mass is 421 g/mol. The number of hydrogen-bond donors (Lipinski definition) is 2. The minimum Gasteiger partial charge on any atom is -0.497 e. The van der Waals surface area contributed by atoms with Crippen LogP contribution in [0.3, 0.4) is 0 Å². The van der Waals surface area contributed by atoms with Gasteiger partial charge < -0.3 is 15.4 Å². The van der Waals surface area contributed by atoms with Crippen LogP contribution in [0.25, 0.3) is 5.65 Å². The van der Waals surface area contributed by atoms with Gasteiger partial charge in [0.1, 0.15) is 17.2 Å². The molecule has 0 aliphatic carbocycles. The van der Waals surface area contributed by atoms with Crippen LogP contribution in [0.15, 0.2) is 52.8 Å². The number of methoxy groups -OCH3 is 1. The number of aryl methyl sites for hydroxylation is 1. The van der Waals surface area contributed by atoms with E-state index in [0.717, 1.165) is 33.3 Å². The van der Waals surface area contributed by atoms with E-state index in [-0.39, 0.29) is 5.91 Å². The molecule has 8 heteroatoms. The Kier molecular flexibility index (Phi) is 5.50. The molecule has 1 aliphatic rings. The molecule has 7 nitrogen and oxygen atoms in total. The number of benzene rings is 1. The summed E-state index contributed by atoms with van der Waals surface area (Å²) >= 11 is 1.51. The van der Waals surface area contributed by atoms with Crippen LogP contribution in [0.1, 0.15) is 22.7 Å². The second-order valence-electron chi connectivity index (χ2n) is 7.05. The van der Waals surface area contributed by atoms with Crippen LogP contribution in [0.5, 0.6) is 5.75 Å². The largest absolute Gasteiger partial charge is 0.497 e. The normalized spacial score (nSPS) is 16.2. The van der Waals surface area contributed by atoms with Gasteiger partial charge in [-0.25, -0.2) is 4.98 Å². The van der Waals surface area contributed by atoms with Gasteiger partial charge in [-0.15, -0.1) is 11.8 Å². The van der Waals surface area contributed by atoms with Gasteiger partial charge in [-0.05, 0) is 49.6 Å². The number of nitrogens with one attached hydrogen (secondary N) is 2. The van der Waals surface area contributed by atoms with E-state index in [9.17, 15) is 4.79 Å². The zero-order chi connectivity index (χ0) is 21.3. The Balaban J connectivity index is 1.81. The second kappa shape index (κ2) is 8.23. The van der Waals surface area contributed by atoms with Gasteiger partial charge in [0.05, 0.1) is 30.0 Å². The van der Waals surface area contributed by atoms with Crippen LogP contribution >= 0.6 is 11.8 Å². The van der Waals surface area contributed by atoms with E-state index in [1.54, 1.807) is 13.3 Å². The predicted octanol–water partition coefficient (Wildman–Crippen LogP) is 4.20. The third-order valence-corrected chi connectivity index (χ3v) is 5.76. The maximum absolute atomic E-state index is 13.1. The number of rotatable bonds is 6. The van der Waals surface area contributed by atoms with E-state index >= 15 is 0 Å². The van der Waals surface area contributed by atoms with Crippen molar-refractivity contribution in [2.75, 3.05) is 24.0 Å². The lowest BCUT2D eigenvalue weighted by atomic mass is 9.90. The van der Waals surface area contributed by atoms with E-state index in [2.05, 4.69) is 22.3 Å². The molecule has 0 fully saturated rings. The Morgan fingerprint density at radius 1 is 1.43 bits per heavy atom. The number of carbonyl (C=O) groups excluding carboxylic acids is 1. The first-order chi connectivity index (χ1) is 14.5. The molecule has 1 aromatic carbocycles. The van der Waals surface area contributed by atoms with Gasteiger partial charge in [-0.2, -0.15) is 0 Å². The smallest absolute Gasteiger partial charge is 0.234 e. The molecule has 0 bridgehead atoms. The number of imidazole rings is 1. The fourth-order valence-corrected chi connectivity index (χ4v) is 3.98. The number of thioether (sulfide) groups is 1. The van der Waals surface area contributed by atoms with Gasteiger partial charge in [-0.3, -0.25) is 14.2 Å². The first-order valence-corrected chi connectivity index (χ1v) is 10.7. The van der Waals surface area contributed by atoms with Gasteiger partial charge in [0.2, 0.25) is 5.91 Å².